The van der Waals surface area contributed by atoms with Gasteiger partial charge < -0.3 is 14.8 Å². The Balaban J connectivity index is 2.17. The van der Waals surface area contributed by atoms with E-state index in [1.807, 2.05) is 0 Å². The van der Waals surface area contributed by atoms with Crippen LogP contribution in [0.25, 0.3) is 10.9 Å². The van der Waals surface area contributed by atoms with Crippen LogP contribution < -0.4 is 5.32 Å². The Bertz CT molecular complexity index is 1090. The molecule has 0 aliphatic heterocycles. The molecule has 3 rings (SSSR count). The number of ether oxygens (including phenoxy) is 2. The molecule has 0 radical (unpaired) electrons. The van der Waals surface area contributed by atoms with Gasteiger partial charge in [0.1, 0.15) is 5.56 Å². The zero-order chi connectivity index (χ0) is 20.1. The maximum atomic E-state index is 12.4. The molecule has 0 aliphatic carbocycles. The van der Waals surface area contributed by atoms with Crippen LogP contribution in [0.5, 0.6) is 0 Å². The number of carbonyl (C=O) groups excluding carboxylic acids is 2. The van der Waals surface area contributed by atoms with Gasteiger partial charge in [-0.15, -0.1) is 0 Å². The summed E-state index contributed by atoms with van der Waals surface area (Å²) in [4.78, 5) is 28.7. The summed E-state index contributed by atoms with van der Waals surface area (Å²) in [6.07, 6.45) is 1.43. The zero-order valence-corrected chi connectivity index (χ0v) is 15.4. The van der Waals surface area contributed by atoms with Gasteiger partial charge in [0, 0.05) is 17.3 Å². The molecule has 0 unspecified atom stereocenters. The molecule has 0 amide bonds. The summed E-state index contributed by atoms with van der Waals surface area (Å²) in [7, 11) is 1.30. The standard InChI is InChI=1S/C21H17N3O4/c1-3-28-21(26)17-12-23-18-9-6-14(20(25)27-2)10-16(18)19(17)24-15-7-4-13(11-22)5-8-15/h4-10,12H,3H2,1-2H3,(H,23,24). The normalized spacial score (nSPS) is 10.2. The lowest BCUT2D eigenvalue weighted by Crippen LogP contribution is -2.10. The highest BCUT2D eigenvalue weighted by atomic mass is 16.5. The Morgan fingerprint density at radius 3 is 2.54 bits per heavy atom. The molecule has 0 aliphatic rings. The van der Waals surface area contributed by atoms with Gasteiger partial charge in [0.2, 0.25) is 0 Å². The Hall–Kier alpha value is -3.92. The van der Waals surface area contributed by atoms with E-state index in [-0.39, 0.29) is 12.2 Å². The molecule has 7 heteroatoms. The number of nitrogens with zero attached hydrogens (tertiary/aromatic N) is 2. The number of nitrogens with one attached hydrogen (secondary N) is 1. The highest BCUT2D eigenvalue weighted by Gasteiger charge is 2.18. The molecule has 2 aromatic carbocycles. The van der Waals surface area contributed by atoms with Gasteiger partial charge in [-0.2, -0.15) is 5.26 Å². The van der Waals surface area contributed by atoms with Gasteiger partial charge in [-0.05, 0) is 49.4 Å². The minimum absolute atomic E-state index is 0.218. The number of methoxy groups -OCH3 is 1. The molecule has 1 N–H and O–H groups in total. The number of rotatable bonds is 5. The Kier molecular flexibility index (Phi) is 5.51. The van der Waals surface area contributed by atoms with Gasteiger partial charge in [-0.1, -0.05) is 0 Å². The fraction of sp³-hybridized carbons (Fsp3) is 0.143. The van der Waals surface area contributed by atoms with Gasteiger partial charge >= 0.3 is 11.9 Å². The average molecular weight is 375 g/mol. The third kappa shape index (κ3) is 3.76. The zero-order valence-electron chi connectivity index (χ0n) is 15.4. The summed E-state index contributed by atoms with van der Waals surface area (Å²) in [6, 6.07) is 13.7. The van der Waals surface area contributed by atoms with Crippen molar-refractivity contribution < 1.29 is 19.1 Å². The van der Waals surface area contributed by atoms with Crippen LogP contribution in [-0.2, 0) is 9.47 Å². The van der Waals surface area contributed by atoms with Gasteiger partial charge in [0.05, 0.1) is 42.1 Å². The lowest BCUT2D eigenvalue weighted by molar-refractivity contribution is 0.0526. The van der Waals surface area contributed by atoms with Crippen LogP contribution in [0.2, 0.25) is 0 Å². The summed E-state index contributed by atoms with van der Waals surface area (Å²) in [5.41, 5.74) is 2.81. The second-order valence-electron chi connectivity index (χ2n) is 5.81. The Labute approximate surface area is 161 Å². The van der Waals surface area contributed by atoms with Crippen molar-refractivity contribution in [2.75, 3.05) is 19.0 Å². The molecule has 0 saturated heterocycles. The number of nitriles is 1. The fourth-order valence-corrected chi connectivity index (χ4v) is 2.71. The van der Waals surface area contributed by atoms with Crippen molar-refractivity contribution in [3.8, 4) is 6.07 Å². The van der Waals surface area contributed by atoms with Gasteiger partial charge in [-0.25, -0.2) is 9.59 Å². The number of pyridine rings is 1. The van der Waals surface area contributed by atoms with E-state index >= 15 is 0 Å². The molecule has 0 atom stereocenters. The van der Waals surface area contributed by atoms with Crippen molar-refractivity contribution in [2.24, 2.45) is 0 Å². The Morgan fingerprint density at radius 1 is 1.14 bits per heavy atom. The predicted octanol–water partition coefficient (Wildman–Crippen LogP) is 3.81. The van der Waals surface area contributed by atoms with E-state index in [2.05, 4.69) is 16.4 Å². The summed E-state index contributed by atoms with van der Waals surface area (Å²) in [5, 5.41) is 12.7. The highest BCUT2D eigenvalue weighted by molar-refractivity contribution is 6.07. The van der Waals surface area contributed by atoms with Crippen LogP contribution in [0, 0.1) is 11.3 Å². The van der Waals surface area contributed by atoms with Crippen LogP contribution in [0.1, 0.15) is 33.2 Å². The second kappa shape index (κ2) is 8.18. The van der Waals surface area contributed by atoms with Crippen LogP contribution in [0.15, 0.2) is 48.7 Å². The minimum atomic E-state index is -0.531. The molecule has 0 saturated carbocycles. The molecule has 0 fully saturated rings. The number of carbonyl (C=O) groups is 2. The number of hydrogen-bond donors (Lipinski definition) is 1. The van der Waals surface area contributed by atoms with E-state index in [0.29, 0.717) is 33.4 Å². The third-order valence-corrected chi connectivity index (χ3v) is 4.07. The van der Waals surface area contributed by atoms with Crippen LogP contribution >= 0.6 is 0 Å². The third-order valence-electron chi connectivity index (χ3n) is 4.07. The summed E-state index contributed by atoms with van der Waals surface area (Å²) < 4.78 is 9.92. The fourth-order valence-electron chi connectivity index (χ4n) is 2.71. The summed E-state index contributed by atoms with van der Waals surface area (Å²) in [5.74, 6) is -1.02. The largest absolute Gasteiger partial charge is 0.465 e. The molecule has 140 valence electrons. The number of hydrogen-bond acceptors (Lipinski definition) is 7. The van der Waals surface area contributed by atoms with Crippen molar-refractivity contribution in [3.63, 3.8) is 0 Å². The number of esters is 2. The van der Waals surface area contributed by atoms with Crippen molar-refractivity contribution >= 4 is 34.2 Å². The minimum Gasteiger partial charge on any atom is -0.465 e. The first-order chi connectivity index (χ1) is 13.6. The van der Waals surface area contributed by atoms with E-state index in [1.54, 1.807) is 49.4 Å². The maximum absolute atomic E-state index is 12.4. The van der Waals surface area contributed by atoms with E-state index in [4.69, 9.17) is 14.7 Å². The molecule has 3 aromatic rings. The Morgan fingerprint density at radius 2 is 1.89 bits per heavy atom. The number of fused-ring (bicyclic) bond motifs is 1. The molecule has 28 heavy (non-hydrogen) atoms. The molecular formula is C21H17N3O4. The topological polar surface area (TPSA) is 101 Å². The molecule has 0 bridgehead atoms. The first-order valence-electron chi connectivity index (χ1n) is 8.52. The van der Waals surface area contributed by atoms with E-state index in [9.17, 15) is 9.59 Å². The monoisotopic (exact) mass is 375 g/mol. The lowest BCUT2D eigenvalue weighted by atomic mass is 10.1. The smallest absolute Gasteiger partial charge is 0.341 e. The van der Waals surface area contributed by atoms with Crippen molar-refractivity contribution in [2.45, 2.75) is 6.92 Å². The quantitative estimate of drug-likeness (QED) is 0.677. The number of benzene rings is 2. The number of anilines is 2. The molecule has 0 spiro atoms. The molecule has 1 heterocycles. The van der Waals surface area contributed by atoms with Crippen molar-refractivity contribution in [1.82, 2.24) is 4.98 Å². The van der Waals surface area contributed by atoms with Crippen molar-refractivity contribution in [3.05, 3.63) is 65.4 Å². The SMILES string of the molecule is CCOC(=O)c1cnc2ccc(C(=O)OC)cc2c1Nc1ccc(C#N)cc1. The average Bonchev–Trinajstić information content (AvgIpc) is 2.73. The molecule has 7 nitrogen and oxygen atoms in total. The van der Waals surface area contributed by atoms with E-state index in [0.717, 1.165) is 0 Å². The second-order valence-corrected chi connectivity index (χ2v) is 5.81. The van der Waals surface area contributed by atoms with Gasteiger partial charge in [-0.3, -0.25) is 4.98 Å². The van der Waals surface area contributed by atoms with E-state index < -0.39 is 11.9 Å². The van der Waals surface area contributed by atoms with Gasteiger partial charge in [0.25, 0.3) is 0 Å². The first kappa shape index (κ1) is 18.9. The lowest BCUT2D eigenvalue weighted by Gasteiger charge is -2.15. The van der Waals surface area contributed by atoms with Crippen LogP contribution in [0.3, 0.4) is 0 Å². The highest BCUT2D eigenvalue weighted by Crippen LogP contribution is 2.31. The van der Waals surface area contributed by atoms with Crippen LogP contribution in [-0.4, -0.2) is 30.6 Å². The predicted molar refractivity (Wildman–Crippen MR) is 103 cm³/mol. The van der Waals surface area contributed by atoms with E-state index in [1.165, 1.54) is 13.3 Å². The molecular weight excluding hydrogens is 358 g/mol. The maximum Gasteiger partial charge on any atom is 0.341 e. The number of aromatic nitrogens is 1. The molecule has 1 aromatic heterocycles. The summed E-state index contributed by atoms with van der Waals surface area (Å²) >= 11 is 0. The first-order valence-corrected chi connectivity index (χ1v) is 8.52. The van der Waals surface area contributed by atoms with Gasteiger partial charge in [0.15, 0.2) is 0 Å². The summed E-state index contributed by atoms with van der Waals surface area (Å²) in [6.45, 7) is 1.94. The van der Waals surface area contributed by atoms with Crippen LogP contribution in [0.4, 0.5) is 11.4 Å². The van der Waals surface area contributed by atoms with Crippen molar-refractivity contribution in [1.29, 1.82) is 5.26 Å².